The Balaban J connectivity index is 1.34. The predicted molar refractivity (Wildman–Crippen MR) is 103 cm³/mol. The molecule has 0 unspecified atom stereocenters. The van der Waals surface area contributed by atoms with Crippen LogP contribution in [0, 0.1) is 5.82 Å². The summed E-state index contributed by atoms with van der Waals surface area (Å²) in [6.45, 7) is 0. The fourth-order valence-electron chi connectivity index (χ4n) is 2.85. The van der Waals surface area contributed by atoms with Crippen LogP contribution in [0.1, 0.15) is 24.6 Å². The molecule has 1 saturated carbocycles. The van der Waals surface area contributed by atoms with E-state index in [2.05, 4.69) is 31.2 Å². The average molecular weight is 398 g/mol. The zero-order chi connectivity index (χ0) is 18.2. The van der Waals surface area contributed by atoms with E-state index in [4.69, 9.17) is 4.42 Å². The largest absolute Gasteiger partial charge is 0.444 e. The lowest BCUT2D eigenvalue weighted by Crippen LogP contribution is -1.99. The molecule has 0 radical (unpaired) electrons. The second-order valence-electron chi connectivity index (χ2n) is 6.32. The second kappa shape index (κ2) is 6.94. The maximum Gasteiger partial charge on any atom is 0.226 e. The van der Waals surface area contributed by atoms with Gasteiger partial charge in [-0.25, -0.2) is 9.37 Å². The van der Waals surface area contributed by atoms with Crippen LogP contribution in [0.2, 0.25) is 0 Å². The molecule has 8 heteroatoms. The molecule has 0 spiro atoms. The normalized spacial score (nSPS) is 14.0. The fraction of sp³-hybridized carbons (Fsp3) is 0.211. The quantitative estimate of drug-likeness (QED) is 0.406. The van der Waals surface area contributed by atoms with E-state index in [9.17, 15) is 4.39 Å². The number of benzene rings is 1. The number of hydrogen-bond acceptors (Lipinski definition) is 6. The van der Waals surface area contributed by atoms with Crippen LogP contribution < -0.4 is 0 Å². The van der Waals surface area contributed by atoms with Gasteiger partial charge in [0.1, 0.15) is 12.1 Å². The first-order chi connectivity index (χ1) is 13.3. The Hall–Kier alpha value is -2.45. The van der Waals surface area contributed by atoms with Crippen molar-refractivity contribution in [1.82, 2.24) is 19.7 Å². The van der Waals surface area contributed by atoms with Crippen LogP contribution in [-0.4, -0.2) is 19.7 Å². The lowest BCUT2D eigenvalue weighted by atomic mass is 10.2. The molecule has 0 atom stereocenters. The van der Waals surface area contributed by atoms with Crippen LogP contribution in [0.5, 0.6) is 0 Å². The first-order valence-corrected chi connectivity index (χ1v) is 10.5. The van der Waals surface area contributed by atoms with Crippen molar-refractivity contribution in [2.75, 3.05) is 0 Å². The van der Waals surface area contributed by atoms with Crippen molar-refractivity contribution in [2.24, 2.45) is 0 Å². The standard InChI is InChI=1S/C19H15FN4OS2/c20-13-5-3-12(4-6-13)18-21-14(10-25-18)11-27-19-23-22-17(16-2-1-9-26-16)24(19)15-7-8-15/h1-6,9-10,15H,7-8,11H2. The zero-order valence-corrected chi connectivity index (χ0v) is 15.8. The molecule has 136 valence electrons. The van der Waals surface area contributed by atoms with E-state index in [1.165, 1.54) is 25.0 Å². The summed E-state index contributed by atoms with van der Waals surface area (Å²) in [5.74, 6) is 1.80. The number of nitrogens with zero attached hydrogens (tertiary/aromatic N) is 4. The molecule has 0 N–H and O–H groups in total. The van der Waals surface area contributed by atoms with E-state index in [0.29, 0.717) is 17.7 Å². The van der Waals surface area contributed by atoms with Crippen LogP contribution in [0.3, 0.4) is 0 Å². The number of thioether (sulfide) groups is 1. The van der Waals surface area contributed by atoms with Crippen molar-refractivity contribution in [3.05, 3.63) is 59.6 Å². The molecule has 4 aromatic rings. The van der Waals surface area contributed by atoms with Crippen LogP contribution >= 0.6 is 23.1 Å². The molecule has 0 aliphatic heterocycles. The number of aromatic nitrogens is 4. The SMILES string of the molecule is Fc1ccc(-c2nc(CSc3nnc(-c4cccs4)n3C3CC3)co2)cc1. The molecule has 1 aliphatic rings. The van der Waals surface area contributed by atoms with Gasteiger partial charge in [0.2, 0.25) is 5.89 Å². The first-order valence-electron chi connectivity index (χ1n) is 8.60. The van der Waals surface area contributed by atoms with Gasteiger partial charge in [-0.3, -0.25) is 4.57 Å². The minimum Gasteiger partial charge on any atom is -0.444 e. The minimum atomic E-state index is -0.276. The van der Waals surface area contributed by atoms with Gasteiger partial charge in [0.25, 0.3) is 0 Å². The lowest BCUT2D eigenvalue weighted by molar-refractivity contribution is 0.572. The number of oxazole rings is 1. The van der Waals surface area contributed by atoms with Crippen molar-refractivity contribution in [3.63, 3.8) is 0 Å². The molecule has 1 aromatic carbocycles. The number of rotatable bonds is 6. The third-order valence-electron chi connectivity index (χ3n) is 4.31. The summed E-state index contributed by atoms with van der Waals surface area (Å²) in [4.78, 5) is 5.65. The lowest BCUT2D eigenvalue weighted by Gasteiger charge is -2.06. The highest BCUT2D eigenvalue weighted by atomic mass is 32.2. The summed E-state index contributed by atoms with van der Waals surface area (Å²) in [6.07, 6.45) is 3.98. The monoisotopic (exact) mass is 398 g/mol. The zero-order valence-electron chi connectivity index (χ0n) is 14.2. The summed E-state index contributed by atoms with van der Waals surface area (Å²) in [7, 11) is 0. The third kappa shape index (κ3) is 3.42. The van der Waals surface area contributed by atoms with E-state index in [1.54, 1.807) is 41.5 Å². The molecule has 3 aromatic heterocycles. The van der Waals surface area contributed by atoms with Crippen LogP contribution in [0.25, 0.3) is 22.2 Å². The van der Waals surface area contributed by atoms with Gasteiger partial charge in [0.15, 0.2) is 11.0 Å². The van der Waals surface area contributed by atoms with E-state index < -0.39 is 0 Å². The van der Waals surface area contributed by atoms with Gasteiger partial charge < -0.3 is 4.42 Å². The van der Waals surface area contributed by atoms with Gasteiger partial charge in [-0.05, 0) is 48.6 Å². The van der Waals surface area contributed by atoms with Crippen molar-refractivity contribution in [2.45, 2.75) is 29.8 Å². The smallest absolute Gasteiger partial charge is 0.226 e. The predicted octanol–water partition coefficient (Wildman–Crippen LogP) is 5.43. The Kier molecular flexibility index (Phi) is 4.29. The molecule has 5 rings (SSSR count). The molecule has 0 bridgehead atoms. The number of hydrogen-bond donors (Lipinski definition) is 0. The highest BCUT2D eigenvalue weighted by Gasteiger charge is 2.30. The van der Waals surface area contributed by atoms with Crippen molar-refractivity contribution in [1.29, 1.82) is 0 Å². The minimum absolute atomic E-state index is 0.276. The van der Waals surface area contributed by atoms with Crippen molar-refractivity contribution in [3.8, 4) is 22.2 Å². The van der Waals surface area contributed by atoms with Crippen molar-refractivity contribution >= 4 is 23.1 Å². The maximum atomic E-state index is 13.1. The molecule has 0 amide bonds. The number of halogens is 1. The summed E-state index contributed by atoms with van der Waals surface area (Å²) in [6, 6.07) is 10.7. The summed E-state index contributed by atoms with van der Waals surface area (Å²) in [5, 5.41) is 11.8. The highest BCUT2D eigenvalue weighted by Crippen LogP contribution is 2.42. The summed E-state index contributed by atoms with van der Waals surface area (Å²) >= 11 is 3.29. The van der Waals surface area contributed by atoms with Crippen LogP contribution in [0.4, 0.5) is 4.39 Å². The van der Waals surface area contributed by atoms with Gasteiger partial charge in [-0.2, -0.15) is 0 Å². The Morgan fingerprint density at radius 3 is 2.78 bits per heavy atom. The summed E-state index contributed by atoms with van der Waals surface area (Å²) < 4.78 is 20.9. The van der Waals surface area contributed by atoms with E-state index in [1.807, 2.05) is 6.07 Å². The number of thiophene rings is 1. The molecule has 3 heterocycles. The maximum absolute atomic E-state index is 13.1. The van der Waals surface area contributed by atoms with Crippen LogP contribution in [0.15, 0.2) is 57.6 Å². The third-order valence-corrected chi connectivity index (χ3v) is 6.15. The molecular formula is C19H15FN4OS2. The molecule has 5 nitrogen and oxygen atoms in total. The van der Waals surface area contributed by atoms with E-state index >= 15 is 0 Å². The topological polar surface area (TPSA) is 56.7 Å². The second-order valence-corrected chi connectivity index (χ2v) is 8.21. The first kappa shape index (κ1) is 16.7. The van der Waals surface area contributed by atoms with Crippen molar-refractivity contribution < 1.29 is 8.81 Å². The molecule has 0 saturated heterocycles. The Morgan fingerprint density at radius 1 is 1.19 bits per heavy atom. The fourth-order valence-corrected chi connectivity index (χ4v) is 4.44. The Morgan fingerprint density at radius 2 is 2.04 bits per heavy atom. The average Bonchev–Trinajstić information content (AvgIpc) is 3.10. The van der Waals surface area contributed by atoms with Gasteiger partial charge in [0, 0.05) is 17.4 Å². The Bertz CT molecular complexity index is 1050. The van der Waals surface area contributed by atoms with Gasteiger partial charge in [-0.1, -0.05) is 17.8 Å². The van der Waals surface area contributed by atoms with Gasteiger partial charge in [-0.15, -0.1) is 21.5 Å². The summed E-state index contributed by atoms with van der Waals surface area (Å²) in [5.41, 5.74) is 1.58. The molecular weight excluding hydrogens is 383 g/mol. The van der Waals surface area contributed by atoms with Gasteiger partial charge >= 0.3 is 0 Å². The van der Waals surface area contributed by atoms with E-state index in [-0.39, 0.29) is 5.82 Å². The molecule has 27 heavy (non-hydrogen) atoms. The molecule has 1 fully saturated rings. The van der Waals surface area contributed by atoms with E-state index in [0.717, 1.165) is 27.1 Å². The van der Waals surface area contributed by atoms with Gasteiger partial charge in [0.05, 0.1) is 10.6 Å². The highest BCUT2D eigenvalue weighted by molar-refractivity contribution is 7.98. The molecule has 1 aliphatic carbocycles. The van der Waals surface area contributed by atoms with Crippen LogP contribution in [-0.2, 0) is 5.75 Å². The Labute approximate surface area is 163 Å².